The average Bonchev–Trinajstić information content (AvgIpc) is 2.99. The van der Waals surface area contributed by atoms with E-state index in [0.29, 0.717) is 17.5 Å². The van der Waals surface area contributed by atoms with Gasteiger partial charge in [0.1, 0.15) is 11.9 Å². The molecule has 2 aliphatic heterocycles. The second-order valence-electron chi connectivity index (χ2n) is 8.00. The van der Waals surface area contributed by atoms with Crippen LogP contribution in [0.2, 0.25) is 0 Å². The molecule has 1 saturated carbocycles. The van der Waals surface area contributed by atoms with Gasteiger partial charge in [-0.05, 0) is 57.1 Å². The Morgan fingerprint density at radius 1 is 1.12 bits per heavy atom. The average molecular weight is 354 g/mol. The molecule has 0 unspecified atom stereocenters. The van der Waals surface area contributed by atoms with Gasteiger partial charge in [-0.1, -0.05) is 0 Å². The molecule has 1 aromatic rings. The minimum absolute atomic E-state index is 0.180. The first-order chi connectivity index (χ1) is 12.6. The van der Waals surface area contributed by atoms with E-state index in [1.165, 1.54) is 0 Å². The van der Waals surface area contributed by atoms with E-state index in [2.05, 4.69) is 20.9 Å². The molecule has 3 fully saturated rings. The molecule has 0 radical (unpaired) electrons. The molecule has 3 aliphatic rings. The molecule has 6 nitrogen and oxygen atoms in total. The number of pyridine rings is 1. The normalized spacial score (nSPS) is 28.4. The van der Waals surface area contributed by atoms with Gasteiger partial charge in [0.2, 0.25) is 5.91 Å². The smallest absolute Gasteiger partial charge is 0.229 e. The molecular formula is C20H26N4O2. The molecular weight excluding hydrogens is 328 g/mol. The van der Waals surface area contributed by atoms with Gasteiger partial charge in [0.25, 0.3) is 0 Å². The number of aliphatic hydroxyl groups is 1. The molecule has 0 atom stereocenters. The Kier molecular flexibility index (Phi) is 4.58. The van der Waals surface area contributed by atoms with Crippen LogP contribution in [0, 0.1) is 16.7 Å². The van der Waals surface area contributed by atoms with Crippen LogP contribution in [0.1, 0.15) is 50.5 Å². The van der Waals surface area contributed by atoms with Gasteiger partial charge in [-0.15, -0.1) is 0 Å². The highest BCUT2D eigenvalue weighted by molar-refractivity contribution is 5.85. The molecule has 1 aromatic heterocycles. The maximum Gasteiger partial charge on any atom is 0.229 e. The Morgan fingerprint density at radius 3 is 2.42 bits per heavy atom. The Morgan fingerprint density at radius 2 is 1.81 bits per heavy atom. The van der Waals surface area contributed by atoms with Crippen LogP contribution in [0.15, 0.2) is 18.3 Å². The van der Waals surface area contributed by atoms with E-state index in [1.54, 1.807) is 12.3 Å². The Hall–Kier alpha value is -2.13. The van der Waals surface area contributed by atoms with E-state index in [4.69, 9.17) is 5.26 Å². The van der Waals surface area contributed by atoms with Crippen LogP contribution in [-0.4, -0.2) is 52.7 Å². The van der Waals surface area contributed by atoms with Crippen molar-refractivity contribution in [3.8, 4) is 6.07 Å². The van der Waals surface area contributed by atoms with Crippen molar-refractivity contribution in [3.63, 3.8) is 0 Å². The predicted octanol–water partition coefficient (Wildman–Crippen LogP) is 2.08. The van der Waals surface area contributed by atoms with Gasteiger partial charge in [0.15, 0.2) is 0 Å². The van der Waals surface area contributed by atoms with Crippen molar-refractivity contribution in [2.45, 2.75) is 57.1 Å². The molecule has 4 rings (SSSR count). The maximum atomic E-state index is 13.2. The third-order valence-corrected chi connectivity index (χ3v) is 6.57. The quantitative estimate of drug-likeness (QED) is 0.879. The highest BCUT2D eigenvalue weighted by Crippen LogP contribution is 2.44. The second-order valence-corrected chi connectivity index (χ2v) is 8.00. The molecule has 6 heteroatoms. The van der Waals surface area contributed by atoms with Crippen molar-refractivity contribution in [2.24, 2.45) is 5.41 Å². The molecule has 1 aliphatic carbocycles. The summed E-state index contributed by atoms with van der Waals surface area (Å²) in [5.41, 5.74) is 0.376. The number of rotatable bonds is 2. The van der Waals surface area contributed by atoms with Gasteiger partial charge in [0, 0.05) is 31.9 Å². The fourth-order valence-electron chi connectivity index (χ4n) is 4.83. The summed E-state index contributed by atoms with van der Waals surface area (Å²) in [6.45, 7) is 2.54. The number of hydrogen-bond acceptors (Lipinski definition) is 5. The SMILES string of the molecule is N#Cc1ccc(N2CCC3(CC2)CCN([C@H]2CC[C@H](O)CC2)C3=O)nc1. The monoisotopic (exact) mass is 354 g/mol. The summed E-state index contributed by atoms with van der Waals surface area (Å²) in [7, 11) is 0. The number of aliphatic hydroxyl groups excluding tert-OH is 1. The molecule has 0 bridgehead atoms. The number of hydrogen-bond donors (Lipinski definition) is 1. The summed E-state index contributed by atoms with van der Waals surface area (Å²) < 4.78 is 0. The van der Waals surface area contributed by atoms with E-state index in [-0.39, 0.29) is 11.5 Å². The minimum atomic E-state index is -0.195. The van der Waals surface area contributed by atoms with Crippen molar-refractivity contribution < 1.29 is 9.90 Å². The summed E-state index contributed by atoms with van der Waals surface area (Å²) >= 11 is 0. The van der Waals surface area contributed by atoms with Crippen LogP contribution < -0.4 is 4.90 Å². The minimum Gasteiger partial charge on any atom is -0.393 e. The summed E-state index contributed by atoms with van der Waals surface area (Å²) in [6, 6.07) is 6.11. The molecule has 2 saturated heterocycles. The van der Waals surface area contributed by atoms with Crippen molar-refractivity contribution in [1.29, 1.82) is 5.26 Å². The molecule has 26 heavy (non-hydrogen) atoms. The number of nitrogens with zero attached hydrogens (tertiary/aromatic N) is 4. The van der Waals surface area contributed by atoms with Gasteiger partial charge >= 0.3 is 0 Å². The van der Waals surface area contributed by atoms with Gasteiger partial charge < -0.3 is 14.9 Å². The lowest BCUT2D eigenvalue weighted by Gasteiger charge is -2.40. The van der Waals surface area contributed by atoms with Crippen LogP contribution in [0.4, 0.5) is 5.82 Å². The first kappa shape index (κ1) is 17.3. The predicted molar refractivity (Wildman–Crippen MR) is 97.4 cm³/mol. The van der Waals surface area contributed by atoms with Crippen LogP contribution in [0.5, 0.6) is 0 Å². The third kappa shape index (κ3) is 3.05. The zero-order valence-corrected chi connectivity index (χ0v) is 15.1. The van der Waals surface area contributed by atoms with E-state index in [9.17, 15) is 9.90 Å². The van der Waals surface area contributed by atoms with Crippen LogP contribution in [0.25, 0.3) is 0 Å². The zero-order chi connectivity index (χ0) is 18.1. The summed E-state index contributed by atoms with van der Waals surface area (Å²) in [6.07, 6.45) is 7.65. The fourth-order valence-corrected chi connectivity index (χ4v) is 4.83. The van der Waals surface area contributed by atoms with E-state index >= 15 is 0 Å². The number of aromatic nitrogens is 1. The Bertz CT molecular complexity index is 696. The molecule has 1 spiro atoms. The van der Waals surface area contributed by atoms with Gasteiger partial charge in [-0.2, -0.15) is 5.26 Å². The second kappa shape index (κ2) is 6.88. The highest BCUT2D eigenvalue weighted by Gasteiger charge is 2.50. The molecule has 1 N–H and O–H groups in total. The Labute approximate surface area is 154 Å². The van der Waals surface area contributed by atoms with Crippen molar-refractivity contribution in [1.82, 2.24) is 9.88 Å². The number of likely N-dealkylation sites (tertiary alicyclic amines) is 1. The van der Waals surface area contributed by atoms with E-state index in [1.807, 2.05) is 6.07 Å². The van der Waals surface area contributed by atoms with Crippen LogP contribution in [0.3, 0.4) is 0 Å². The summed E-state index contributed by atoms with van der Waals surface area (Å²) in [4.78, 5) is 21.9. The number of carbonyl (C=O) groups is 1. The van der Waals surface area contributed by atoms with Gasteiger partial charge in [-0.3, -0.25) is 4.79 Å². The van der Waals surface area contributed by atoms with Crippen molar-refractivity contribution in [3.05, 3.63) is 23.9 Å². The first-order valence-corrected chi connectivity index (χ1v) is 9.71. The molecule has 138 valence electrons. The number of anilines is 1. The molecule has 3 heterocycles. The van der Waals surface area contributed by atoms with Crippen LogP contribution in [-0.2, 0) is 4.79 Å². The summed E-state index contributed by atoms with van der Waals surface area (Å²) in [5, 5.41) is 18.6. The topological polar surface area (TPSA) is 80.5 Å². The highest BCUT2D eigenvalue weighted by atomic mass is 16.3. The Balaban J connectivity index is 1.39. The number of nitriles is 1. The van der Waals surface area contributed by atoms with Gasteiger partial charge in [-0.25, -0.2) is 4.98 Å². The lowest BCUT2D eigenvalue weighted by atomic mass is 9.77. The lowest BCUT2D eigenvalue weighted by molar-refractivity contribution is -0.139. The number of amides is 1. The maximum absolute atomic E-state index is 13.2. The van der Waals surface area contributed by atoms with Crippen molar-refractivity contribution in [2.75, 3.05) is 24.5 Å². The van der Waals surface area contributed by atoms with E-state index < -0.39 is 0 Å². The lowest BCUT2D eigenvalue weighted by Crippen LogP contribution is -2.47. The third-order valence-electron chi connectivity index (χ3n) is 6.57. The largest absolute Gasteiger partial charge is 0.393 e. The van der Waals surface area contributed by atoms with Crippen molar-refractivity contribution >= 4 is 11.7 Å². The zero-order valence-electron chi connectivity index (χ0n) is 15.1. The number of piperidine rings is 1. The number of carbonyl (C=O) groups excluding carboxylic acids is 1. The summed E-state index contributed by atoms with van der Waals surface area (Å²) in [5.74, 6) is 1.23. The fraction of sp³-hybridized carbons (Fsp3) is 0.650. The first-order valence-electron chi connectivity index (χ1n) is 9.71. The molecule has 0 aromatic carbocycles. The standard InChI is InChI=1S/C20H26N4O2/c21-13-15-1-6-18(22-14-15)23-10-7-20(8-11-23)9-12-24(19(20)26)16-2-4-17(25)5-3-16/h1,6,14,16-17,25H,2-5,7-12H2/t16-,17-. The molecule has 1 amide bonds. The van der Waals surface area contributed by atoms with Crippen LogP contribution >= 0.6 is 0 Å². The van der Waals surface area contributed by atoms with Gasteiger partial charge in [0.05, 0.1) is 17.1 Å². The van der Waals surface area contributed by atoms with E-state index in [0.717, 1.165) is 70.4 Å².